The van der Waals surface area contributed by atoms with Gasteiger partial charge in [0.1, 0.15) is 0 Å². The Morgan fingerprint density at radius 2 is 2.06 bits per heavy atom. The Labute approximate surface area is 102 Å². The second-order valence-electron chi connectivity index (χ2n) is 5.43. The Bertz CT molecular complexity index is 174. The fraction of sp³-hybridized carbons (Fsp3) is 1.00. The standard InChI is InChI=1S/C14H30N2/c1-5-8-14(6-2)16(12(3)4)11-13-9-7-10-15-13/h12-15H,5-11H2,1-4H3. The summed E-state index contributed by atoms with van der Waals surface area (Å²) in [6.07, 6.45) is 6.67. The zero-order valence-corrected chi connectivity index (χ0v) is 11.6. The molecule has 2 atom stereocenters. The Morgan fingerprint density at radius 3 is 2.50 bits per heavy atom. The van der Waals surface area contributed by atoms with E-state index < -0.39 is 0 Å². The summed E-state index contributed by atoms with van der Waals surface area (Å²) >= 11 is 0. The van der Waals surface area contributed by atoms with Crippen LogP contribution in [0.2, 0.25) is 0 Å². The summed E-state index contributed by atoms with van der Waals surface area (Å²) in [5.74, 6) is 0. The molecule has 1 heterocycles. The van der Waals surface area contributed by atoms with Crippen LogP contribution in [-0.2, 0) is 0 Å². The van der Waals surface area contributed by atoms with E-state index in [4.69, 9.17) is 0 Å². The summed E-state index contributed by atoms with van der Waals surface area (Å²) in [7, 11) is 0. The molecule has 0 aromatic heterocycles. The van der Waals surface area contributed by atoms with Crippen LogP contribution in [0.5, 0.6) is 0 Å². The summed E-state index contributed by atoms with van der Waals surface area (Å²) < 4.78 is 0. The van der Waals surface area contributed by atoms with E-state index in [0.717, 1.165) is 12.1 Å². The number of hydrogen-bond acceptors (Lipinski definition) is 2. The predicted molar refractivity (Wildman–Crippen MR) is 71.9 cm³/mol. The zero-order chi connectivity index (χ0) is 12.0. The van der Waals surface area contributed by atoms with Crippen LogP contribution in [0, 0.1) is 0 Å². The molecule has 0 bridgehead atoms. The first-order valence-electron chi connectivity index (χ1n) is 7.18. The lowest BCUT2D eigenvalue weighted by Crippen LogP contribution is -2.46. The number of hydrogen-bond donors (Lipinski definition) is 1. The maximum atomic E-state index is 3.62. The van der Waals surface area contributed by atoms with E-state index in [2.05, 4.69) is 37.9 Å². The van der Waals surface area contributed by atoms with Crippen LogP contribution in [0.15, 0.2) is 0 Å². The van der Waals surface area contributed by atoms with Gasteiger partial charge in [0.15, 0.2) is 0 Å². The average molecular weight is 226 g/mol. The molecule has 1 saturated heterocycles. The summed E-state index contributed by atoms with van der Waals surface area (Å²) in [5, 5.41) is 3.62. The van der Waals surface area contributed by atoms with Gasteiger partial charge < -0.3 is 5.32 Å². The quantitative estimate of drug-likeness (QED) is 0.718. The van der Waals surface area contributed by atoms with Gasteiger partial charge in [-0.1, -0.05) is 20.3 Å². The normalized spacial score (nSPS) is 23.2. The fourth-order valence-electron chi connectivity index (χ4n) is 2.89. The van der Waals surface area contributed by atoms with Gasteiger partial charge in [-0.3, -0.25) is 4.90 Å². The Morgan fingerprint density at radius 1 is 1.31 bits per heavy atom. The number of nitrogens with zero attached hydrogens (tertiary/aromatic N) is 1. The molecule has 16 heavy (non-hydrogen) atoms. The van der Waals surface area contributed by atoms with Crippen molar-refractivity contribution >= 4 is 0 Å². The first-order chi connectivity index (χ1) is 7.69. The summed E-state index contributed by atoms with van der Waals surface area (Å²) in [6.45, 7) is 11.8. The molecule has 1 rings (SSSR count). The second kappa shape index (κ2) is 7.29. The van der Waals surface area contributed by atoms with Crippen LogP contribution in [0.1, 0.15) is 59.8 Å². The molecule has 1 aliphatic rings. The van der Waals surface area contributed by atoms with Gasteiger partial charge in [-0.2, -0.15) is 0 Å². The lowest BCUT2D eigenvalue weighted by atomic mass is 10.0. The van der Waals surface area contributed by atoms with Crippen molar-refractivity contribution in [3.8, 4) is 0 Å². The van der Waals surface area contributed by atoms with Crippen molar-refractivity contribution in [2.45, 2.75) is 77.9 Å². The van der Waals surface area contributed by atoms with Crippen molar-refractivity contribution < 1.29 is 0 Å². The van der Waals surface area contributed by atoms with Crippen LogP contribution in [-0.4, -0.2) is 36.1 Å². The van der Waals surface area contributed by atoms with Gasteiger partial charge in [-0.05, 0) is 46.1 Å². The molecule has 1 N–H and O–H groups in total. The molecule has 2 nitrogen and oxygen atoms in total. The van der Waals surface area contributed by atoms with Gasteiger partial charge >= 0.3 is 0 Å². The lowest BCUT2D eigenvalue weighted by molar-refractivity contribution is 0.127. The van der Waals surface area contributed by atoms with Gasteiger partial charge in [0.05, 0.1) is 0 Å². The van der Waals surface area contributed by atoms with Crippen molar-refractivity contribution in [3.05, 3.63) is 0 Å². The van der Waals surface area contributed by atoms with Crippen LogP contribution < -0.4 is 5.32 Å². The first-order valence-corrected chi connectivity index (χ1v) is 7.18. The molecule has 2 heteroatoms. The molecule has 1 aliphatic heterocycles. The van der Waals surface area contributed by atoms with Crippen LogP contribution in [0.4, 0.5) is 0 Å². The topological polar surface area (TPSA) is 15.3 Å². The highest BCUT2D eigenvalue weighted by Crippen LogP contribution is 2.17. The average Bonchev–Trinajstić information content (AvgIpc) is 2.75. The maximum Gasteiger partial charge on any atom is 0.0195 e. The third-order valence-electron chi connectivity index (χ3n) is 3.82. The predicted octanol–water partition coefficient (Wildman–Crippen LogP) is 3.03. The molecule has 0 radical (unpaired) electrons. The zero-order valence-electron chi connectivity index (χ0n) is 11.6. The van der Waals surface area contributed by atoms with Crippen molar-refractivity contribution in [2.75, 3.05) is 13.1 Å². The largest absolute Gasteiger partial charge is 0.313 e. The summed E-state index contributed by atoms with van der Waals surface area (Å²) in [4.78, 5) is 2.71. The molecular weight excluding hydrogens is 196 g/mol. The van der Waals surface area contributed by atoms with Gasteiger partial charge in [0.2, 0.25) is 0 Å². The minimum Gasteiger partial charge on any atom is -0.313 e. The van der Waals surface area contributed by atoms with Crippen LogP contribution in [0.25, 0.3) is 0 Å². The molecule has 0 saturated carbocycles. The molecule has 0 aliphatic carbocycles. The minimum atomic E-state index is 0.680. The van der Waals surface area contributed by atoms with Gasteiger partial charge in [0, 0.05) is 24.7 Å². The van der Waals surface area contributed by atoms with Crippen molar-refractivity contribution in [1.29, 1.82) is 0 Å². The van der Waals surface area contributed by atoms with Crippen molar-refractivity contribution in [2.24, 2.45) is 0 Å². The fourth-order valence-corrected chi connectivity index (χ4v) is 2.89. The molecule has 1 fully saturated rings. The molecule has 0 aromatic carbocycles. The van der Waals surface area contributed by atoms with E-state index in [-0.39, 0.29) is 0 Å². The first kappa shape index (κ1) is 14.0. The Balaban J connectivity index is 2.50. The van der Waals surface area contributed by atoms with Crippen LogP contribution >= 0.6 is 0 Å². The molecule has 0 spiro atoms. The van der Waals surface area contributed by atoms with E-state index in [9.17, 15) is 0 Å². The Kier molecular flexibility index (Phi) is 6.37. The third kappa shape index (κ3) is 4.06. The smallest absolute Gasteiger partial charge is 0.0195 e. The molecular formula is C14H30N2. The van der Waals surface area contributed by atoms with E-state index in [0.29, 0.717) is 6.04 Å². The van der Waals surface area contributed by atoms with Crippen molar-refractivity contribution in [3.63, 3.8) is 0 Å². The van der Waals surface area contributed by atoms with Gasteiger partial charge in [-0.25, -0.2) is 0 Å². The molecule has 0 aromatic rings. The third-order valence-corrected chi connectivity index (χ3v) is 3.82. The monoisotopic (exact) mass is 226 g/mol. The number of rotatable bonds is 7. The molecule has 96 valence electrons. The minimum absolute atomic E-state index is 0.680. The highest BCUT2D eigenvalue weighted by molar-refractivity contribution is 4.82. The van der Waals surface area contributed by atoms with E-state index in [1.165, 1.54) is 45.2 Å². The van der Waals surface area contributed by atoms with Crippen LogP contribution in [0.3, 0.4) is 0 Å². The van der Waals surface area contributed by atoms with Crippen molar-refractivity contribution in [1.82, 2.24) is 10.2 Å². The summed E-state index contributed by atoms with van der Waals surface area (Å²) in [5.41, 5.74) is 0. The van der Waals surface area contributed by atoms with Gasteiger partial charge in [-0.15, -0.1) is 0 Å². The maximum absolute atomic E-state index is 3.62. The summed E-state index contributed by atoms with van der Waals surface area (Å²) in [6, 6.07) is 2.21. The Hall–Kier alpha value is -0.0800. The molecule has 2 unspecified atom stereocenters. The molecule has 0 amide bonds. The van der Waals surface area contributed by atoms with E-state index in [1.807, 2.05) is 0 Å². The highest BCUT2D eigenvalue weighted by atomic mass is 15.2. The number of nitrogens with one attached hydrogen (secondary N) is 1. The van der Waals surface area contributed by atoms with Gasteiger partial charge in [0.25, 0.3) is 0 Å². The van der Waals surface area contributed by atoms with E-state index in [1.54, 1.807) is 0 Å². The second-order valence-corrected chi connectivity index (χ2v) is 5.43. The lowest BCUT2D eigenvalue weighted by Gasteiger charge is -2.36. The highest BCUT2D eigenvalue weighted by Gasteiger charge is 2.24. The SMILES string of the molecule is CCCC(CC)N(CC1CCCN1)C(C)C. The van der Waals surface area contributed by atoms with E-state index >= 15 is 0 Å².